The first-order valence-electron chi connectivity index (χ1n) is 7.00. The zero-order valence-electron chi connectivity index (χ0n) is 12.7. The van der Waals surface area contributed by atoms with E-state index < -0.39 is 21.5 Å². The molecule has 0 atom stereocenters. The average Bonchev–Trinajstić information content (AvgIpc) is 2.96. The van der Waals surface area contributed by atoms with E-state index in [0.29, 0.717) is 5.13 Å². The van der Waals surface area contributed by atoms with Gasteiger partial charge in [0, 0.05) is 4.90 Å². The Balaban J connectivity index is 1.75. The highest BCUT2D eigenvalue weighted by atomic mass is 32.2. The van der Waals surface area contributed by atoms with Crippen LogP contribution in [0.1, 0.15) is 0 Å². The number of anilines is 1. The molecule has 1 aromatic heterocycles. The van der Waals surface area contributed by atoms with Crippen LogP contribution in [0.2, 0.25) is 0 Å². The Labute approximate surface area is 148 Å². The molecular formula is C16H14N2O3S3. The van der Waals surface area contributed by atoms with Crippen LogP contribution in [-0.4, -0.2) is 31.3 Å². The number of hydrogen-bond acceptors (Lipinski definition) is 6. The van der Waals surface area contributed by atoms with Gasteiger partial charge in [0.1, 0.15) is 5.75 Å². The SMILES string of the molecule is CSc1ccc2nc(NC(=O)CS(=O)(=O)c3ccccc3)sc2c1. The summed E-state index contributed by atoms with van der Waals surface area (Å²) in [5.41, 5.74) is 0.777. The first-order valence-corrected chi connectivity index (χ1v) is 10.7. The number of fused-ring (bicyclic) bond motifs is 1. The number of nitrogens with one attached hydrogen (secondary N) is 1. The fraction of sp³-hybridized carbons (Fsp3) is 0.125. The Morgan fingerprint density at radius 2 is 1.96 bits per heavy atom. The van der Waals surface area contributed by atoms with Crippen molar-refractivity contribution < 1.29 is 13.2 Å². The van der Waals surface area contributed by atoms with Crippen LogP contribution < -0.4 is 5.32 Å². The molecule has 0 radical (unpaired) electrons. The number of nitrogens with zero attached hydrogens (tertiary/aromatic N) is 1. The summed E-state index contributed by atoms with van der Waals surface area (Å²) in [6, 6.07) is 13.8. The lowest BCUT2D eigenvalue weighted by atomic mass is 10.3. The predicted octanol–water partition coefficient (Wildman–Crippen LogP) is 3.43. The van der Waals surface area contributed by atoms with E-state index in [-0.39, 0.29) is 4.90 Å². The number of carbonyl (C=O) groups excluding carboxylic acids is 1. The van der Waals surface area contributed by atoms with Crippen LogP contribution >= 0.6 is 23.1 Å². The average molecular weight is 379 g/mol. The number of aromatic nitrogens is 1. The molecule has 0 saturated carbocycles. The Morgan fingerprint density at radius 3 is 2.67 bits per heavy atom. The van der Waals surface area contributed by atoms with Crippen molar-refractivity contribution in [3.8, 4) is 0 Å². The summed E-state index contributed by atoms with van der Waals surface area (Å²) in [5, 5.41) is 2.98. The van der Waals surface area contributed by atoms with E-state index in [9.17, 15) is 13.2 Å². The second-order valence-electron chi connectivity index (χ2n) is 4.97. The van der Waals surface area contributed by atoms with Crippen LogP contribution in [0.15, 0.2) is 58.3 Å². The summed E-state index contributed by atoms with van der Waals surface area (Å²) in [6.45, 7) is 0. The maximum absolute atomic E-state index is 12.2. The highest BCUT2D eigenvalue weighted by Gasteiger charge is 2.20. The second kappa shape index (κ2) is 6.92. The van der Waals surface area contributed by atoms with E-state index in [1.165, 1.54) is 23.5 Å². The molecule has 1 heterocycles. The molecule has 24 heavy (non-hydrogen) atoms. The van der Waals surface area contributed by atoms with E-state index in [0.717, 1.165) is 15.1 Å². The van der Waals surface area contributed by atoms with Gasteiger partial charge < -0.3 is 5.32 Å². The molecule has 0 unspecified atom stereocenters. The molecular weight excluding hydrogens is 364 g/mol. The molecule has 0 aliphatic carbocycles. The number of carbonyl (C=O) groups is 1. The summed E-state index contributed by atoms with van der Waals surface area (Å²) in [4.78, 5) is 17.6. The minimum atomic E-state index is -3.66. The van der Waals surface area contributed by atoms with Crippen LogP contribution in [0, 0.1) is 0 Å². The highest BCUT2D eigenvalue weighted by molar-refractivity contribution is 7.98. The van der Waals surface area contributed by atoms with Gasteiger partial charge in [0.15, 0.2) is 15.0 Å². The maximum Gasteiger partial charge on any atom is 0.241 e. The van der Waals surface area contributed by atoms with E-state index in [1.54, 1.807) is 30.0 Å². The van der Waals surface area contributed by atoms with Gasteiger partial charge in [0.25, 0.3) is 0 Å². The van der Waals surface area contributed by atoms with E-state index in [2.05, 4.69) is 10.3 Å². The molecule has 0 fully saturated rings. The number of hydrogen-bond donors (Lipinski definition) is 1. The molecule has 124 valence electrons. The Hall–Kier alpha value is -1.90. The molecule has 0 bridgehead atoms. The zero-order chi connectivity index (χ0) is 17.2. The van der Waals surface area contributed by atoms with Crippen LogP contribution in [0.3, 0.4) is 0 Å². The molecule has 2 aromatic carbocycles. The second-order valence-corrected chi connectivity index (χ2v) is 8.87. The third kappa shape index (κ3) is 3.77. The van der Waals surface area contributed by atoms with Crippen LogP contribution in [0.4, 0.5) is 5.13 Å². The summed E-state index contributed by atoms with van der Waals surface area (Å²) < 4.78 is 25.4. The number of thioether (sulfide) groups is 1. The van der Waals surface area contributed by atoms with Gasteiger partial charge in [0.05, 0.1) is 15.1 Å². The molecule has 1 amide bonds. The minimum absolute atomic E-state index is 0.133. The zero-order valence-corrected chi connectivity index (χ0v) is 15.2. The van der Waals surface area contributed by atoms with Gasteiger partial charge in [0.2, 0.25) is 5.91 Å². The number of amides is 1. The van der Waals surface area contributed by atoms with Gasteiger partial charge in [-0.25, -0.2) is 13.4 Å². The van der Waals surface area contributed by atoms with E-state index >= 15 is 0 Å². The standard InChI is InChI=1S/C16H14N2O3S3/c1-22-11-7-8-13-14(9-11)23-16(17-13)18-15(19)10-24(20,21)12-5-3-2-4-6-12/h2-9H,10H2,1H3,(H,17,18,19). The maximum atomic E-state index is 12.2. The van der Waals surface area contributed by atoms with Crippen LogP contribution in [-0.2, 0) is 14.6 Å². The first-order chi connectivity index (χ1) is 11.5. The smallest absolute Gasteiger partial charge is 0.241 e. The molecule has 5 nitrogen and oxygen atoms in total. The van der Waals surface area contributed by atoms with Crippen molar-refractivity contribution in [2.45, 2.75) is 9.79 Å². The van der Waals surface area contributed by atoms with E-state index in [4.69, 9.17) is 0 Å². The van der Waals surface area contributed by atoms with Crippen molar-refractivity contribution in [2.24, 2.45) is 0 Å². The molecule has 3 rings (SSSR count). The van der Waals surface area contributed by atoms with Crippen molar-refractivity contribution in [1.82, 2.24) is 4.98 Å². The lowest BCUT2D eigenvalue weighted by Crippen LogP contribution is -2.22. The highest BCUT2D eigenvalue weighted by Crippen LogP contribution is 2.29. The van der Waals surface area contributed by atoms with Gasteiger partial charge in [-0.1, -0.05) is 29.5 Å². The van der Waals surface area contributed by atoms with E-state index in [1.807, 2.05) is 24.5 Å². The fourth-order valence-corrected chi connectivity index (χ4v) is 4.72. The Morgan fingerprint density at radius 1 is 1.21 bits per heavy atom. The largest absolute Gasteiger partial charge is 0.301 e. The Kier molecular flexibility index (Phi) is 4.88. The van der Waals surface area contributed by atoms with Gasteiger partial charge in [-0.2, -0.15) is 0 Å². The molecule has 0 aliphatic heterocycles. The van der Waals surface area contributed by atoms with Gasteiger partial charge in [-0.3, -0.25) is 4.79 Å². The third-order valence-electron chi connectivity index (χ3n) is 3.27. The number of thiazole rings is 1. The summed E-state index contributed by atoms with van der Waals surface area (Å²) in [5.74, 6) is -1.20. The van der Waals surface area contributed by atoms with Crippen molar-refractivity contribution in [3.63, 3.8) is 0 Å². The van der Waals surface area contributed by atoms with Crippen LogP contribution in [0.25, 0.3) is 10.2 Å². The molecule has 3 aromatic rings. The first kappa shape index (κ1) is 16.9. The normalized spacial score (nSPS) is 11.5. The third-order valence-corrected chi connectivity index (χ3v) is 6.56. The summed E-state index contributed by atoms with van der Waals surface area (Å²) in [7, 11) is -3.66. The molecule has 0 spiro atoms. The molecule has 0 aliphatic rings. The lowest BCUT2D eigenvalue weighted by molar-refractivity contribution is -0.113. The number of sulfone groups is 1. The topological polar surface area (TPSA) is 76.1 Å². The van der Waals surface area contributed by atoms with Gasteiger partial charge in [-0.05, 0) is 36.6 Å². The fourth-order valence-electron chi connectivity index (χ4n) is 2.12. The van der Waals surface area contributed by atoms with Crippen molar-refractivity contribution in [2.75, 3.05) is 17.3 Å². The van der Waals surface area contributed by atoms with Crippen molar-refractivity contribution in [3.05, 3.63) is 48.5 Å². The number of rotatable bonds is 5. The lowest BCUT2D eigenvalue weighted by Gasteiger charge is -2.04. The van der Waals surface area contributed by atoms with Crippen LogP contribution in [0.5, 0.6) is 0 Å². The van der Waals surface area contributed by atoms with Gasteiger partial charge >= 0.3 is 0 Å². The summed E-state index contributed by atoms with van der Waals surface area (Å²) >= 11 is 2.95. The minimum Gasteiger partial charge on any atom is -0.301 e. The van der Waals surface area contributed by atoms with Crippen molar-refractivity contribution in [1.29, 1.82) is 0 Å². The number of benzene rings is 2. The quantitative estimate of drug-likeness (QED) is 0.689. The van der Waals surface area contributed by atoms with Crippen molar-refractivity contribution >= 4 is 54.2 Å². The summed E-state index contributed by atoms with van der Waals surface area (Å²) in [6.07, 6.45) is 1.99. The monoisotopic (exact) mass is 378 g/mol. The predicted molar refractivity (Wildman–Crippen MR) is 98.5 cm³/mol. The molecule has 0 saturated heterocycles. The molecule has 1 N–H and O–H groups in total. The van der Waals surface area contributed by atoms with Gasteiger partial charge in [-0.15, -0.1) is 11.8 Å². The molecule has 8 heteroatoms. The Bertz CT molecular complexity index is 982.